The van der Waals surface area contributed by atoms with Crippen molar-refractivity contribution in [3.8, 4) is 0 Å². The number of carboxylic acids is 1. The molecule has 2 heterocycles. The number of aryl methyl sites for hydroxylation is 2. The summed E-state index contributed by atoms with van der Waals surface area (Å²) in [5, 5.41) is 10.9. The number of unbranched alkanes of at least 4 members (excludes halogenated alkanes) is 1. The minimum absolute atomic E-state index is 0.0380. The van der Waals surface area contributed by atoms with Crippen LogP contribution in [0.5, 0.6) is 0 Å². The number of carboxylic acid groups (broad SMARTS) is 1. The van der Waals surface area contributed by atoms with Gasteiger partial charge in [0.05, 0.1) is 34.1 Å². The Morgan fingerprint density at radius 1 is 0.973 bits per heavy atom. The zero-order valence-electron chi connectivity index (χ0n) is 20.8. The SMILES string of the molecule is CCCCc1nc2ccc(C)cc2c(=O)n1Cc1ccc2c(ccn2C(=O)c2ccccc2C(=O)O)c1. The van der Waals surface area contributed by atoms with Gasteiger partial charge in [-0.2, -0.15) is 0 Å². The van der Waals surface area contributed by atoms with Crippen LogP contribution in [-0.2, 0) is 13.0 Å². The average Bonchev–Trinajstić information content (AvgIpc) is 3.32. The first-order valence-electron chi connectivity index (χ1n) is 12.3. The number of carbonyl (C=O) groups is 2. The van der Waals surface area contributed by atoms with Crippen molar-refractivity contribution in [1.82, 2.24) is 14.1 Å². The van der Waals surface area contributed by atoms with Crippen LogP contribution in [0.15, 0.2) is 77.7 Å². The van der Waals surface area contributed by atoms with Gasteiger partial charge in [-0.15, -0.1) is 0 Å². The number of rotatable bonds is 7. The Hall–Kier alpha value is -4.52. The second-order valence-electron chi connectivity index (χ2n) is 9.28. The molecule has 5 aromatic rings. The molecule has 0 aliphatic heterocycles. The Labute approximate surface area is 213 Å². The Morgan fingerprint density at radius 2 is 1.76 bits per heavy atom. The number of aromatic carboxylic acids is 1. The molecule has 7 heteroatoms. The summed E-state index contributed by atoms with van der Waals surface area (Å²) in [6.45, 7) is 4.44. The summed E-state index contributed by atoms with van der Waals surface area (Å²) in [6, 6.07) is 19.5. The van der Waals surface area contributed by atoms with Gasteiger partial charge in [-0.05, 0) is 61.4 Å². The molecule has 1 N–H and O–H groups in total. The molecule has 0 saturated heterocycles. The molecule has 186 valence electrons. The summed E-state index contributed by atoms with van der Waals surface area (Å²) < 4.78 is 3.21. The smallest absolute Gasteiger partial charge is 0.336 e. The zero-order valence-corrected chi connectivity index (χ0v) is 20.8. The van der Waals surface area contributed by atoms with Gasteiger partial charge in [-0.3, -0.25) is 18.7 Å². The maximum atomic E-state index is 13.5. The predicted molar refractivity (Wildman–Crippen MR) is 144 cm³/mol. The average molecular weight is 494 g/mol. The molecule has 3 aromatic carbocycles. The van der Waals surface area contributed by atoms with E-state index in [1.165, 1.54) is 16.7 Å². The fraction of sp³-hybridized carbons (Fsp3) is 0.200. The van der Waals surface area contributed by atoms with E-state index in [1.807, 2.05) is 49.4 Å². The van der Waals surface area contributed by atoms with Crippen LogP contribution in [0.2, 0.25) is 0 Å². The molecule has 0 saturated carbocycles. The molecule has 0 spiro atoms. The summed E-state index contributed by atoms with van der Waals surface area (Å²) in [5.74, 6) is -0.791. The fourth-order valence-corrected chi connectivity index (χ4v) is 4.71. The molecule has 37 heavy (non-hydrogen) atoms. The third-order valence-electron chi connectivity index (χ3n) is 6.64. The van der Waals surface area contributed by atoms with Gasteiger partial charge < -0.3 is 5.11 Å². The minimum atomic E-state index is -1.15. The van der Waals surface area contributed by atoms with Crippen LogP contribution in [0.1, 0.15) is 57.4 Å². The van der Waals surface area contributed by atoms with Crippen LogP contribution in [0, 0.1) is 6.92 Å². The van der Waals surface area contributed by atoms with E-state index in [9.17, 15) is 19.5 Å². The summed E-state index contributed by atoms with van der Waals surface area (Å²) in [7, 11) is 0. The molecule has 5 rings (SSSR count). The molecule has 0 atom stereocenters. The molecule has 2 aromatic heterocycles. The third-order valence-corrected chi connectivity index (χ3v) is 6.64. The van der Waals surface area contributed by atoms with Crippen molar-refractivity contribution in [2.24, 2.45) is 0 Å². The van der Waals surface area contributed by atoms with Crippen LogP contribution in [0.4, 0.5) is 0 Å². The fourth-order valence-electron chi connectivity index (χ4n) is 4.71. The third kappa shape index (κ3) is 4.56. The number of benzene rings is 3. The van der Waals surface area contributed by atoms with Crippen LogP contribution in [0.3, 0.4) is 0 Å². The number of aromatic nitrogens is 3. The number of carbonyl (C=O) groups excluding carboxylic acids is 1. The lowest BCUT2D eigenvalue weighted by Gasteiger charge is -2.14. The molecule has 7 nitrogen and oxygen atoms in total. The number of hydrogen-bond donors (Lipinski definition) is 1. The maximum absolute atomic E-state index is 13.5. The van der Waals surface area contributed by atoms with E-state index in [2.05, 4.69) is 6.92 Å². The van der Waals surface area contributed by atoms with Crippen LogP contribution in [0.25, 0.3) is 21.8 Å². The highest BCUT2D eigenvalue weighted by Crippen LogP contribution is 2.22. The highest BCUT2D eigenvalue weighted by atomic mass is 16.4. The predicted octanol–water partition coefficient (Wildman–Crippen LogP) is 5.44. The molecule has 0 unspecified atom stereocenters. The van der Waals surface area contributed by atoms with Crippen LogP contribution < -0.4 is 5.56 Å². The van der Waals surface area contributed by atoms with Gasteiger partial charge in [0.25, 0.3) is 11.5 Å². The second kappa shape index (κ2) is 9.85. The van der Waals surface area contributed by atoms with Crippen molar-refractivity contribution in [1.29, 1.82) is 0 Å². The lowest BCUT2D eigenvalue weighted by atomic mass is 10.1. The second-order valence-corrected chi connectivity index (χ2v) is 9.28. The summed E-state index contributed by atoms with van der Waals surface area (Å²) in [5.41, 5.74) is 3.34. The van der Waals surface area contributed by atoms with E-state index < -0.39 is 11.9 Å². The lowest BCUT2D eigenvalue weighted by molar-refractivity contribution is 0.0691. The van der Waals surface area contributed by atoms with E-state index in [1.54, 1.807) is 22.9 Å². The highest BCUT2D eigenvalue weighted by molar-refractivity contribution is 6.08. The maximum Gasteiger partial charge on any atom is 0.336 e. The lowest BCUT2D eigenvalue weighted by Crippen LogP contribution is -2.26. The molecule has 0 bridgehead atoms. The number of hydrogen-bond acceptors (Lipinski definition) is 4. The van der Waals surface area contributed by atoms with E-state index in [4.69, 9.17) is 4.98 Å². The van der Waals surface area contributed by atoms with Gasteiger partial charge in [-0.25, -0.2) is 9.78 Å². The van der Waals surface area contributed by atoms with Crippen LogP contribution >= 0.6 is 0 Å². The summed E-state index contributed by atoms with van der Waals surface area (Å²) in [6.07, 6.45) is 4.30. The monoisotopic (exact) mass is 493 g/mol. The van der Waals surface area contributed by atoms with E-state index in [0.717, 1.165) is 35.2 Å². The Kier molecular flexibility index (Phi) is 6.44. The topological polar surface area (TPSA) is 94.2 Å². The summed E-state index contributed by atoms with van der Waals surface area (Å²) >= 11 is 0. The molecular weight excluding hydrogens is 466 g/mol. The number of fused-ring (bicyclic) bond motifs is 2. The van der Waals surface area contributed by atoms with Crippen LogP contribution in [-0.4, -0.2) is 31.1 Å². The van der Waals surface area contributed by atoms with Crippen molar-refractivity contribution in [2.45, 2.75) is 39.7 Å². The standard InChI is InChI=1S/C30H27N3O4/c1-3-4-9-27-31-25-12-10-19(2)16-24(25)29(35)33(27)18-20-11-13-26-21(17-20)14-15-32(26)28(34)22-7-5-6-8-23(22)30(36)37/h5-8,10-17H,3-4,9,18H2,1-2H3,(H,36,37). The van der Waals surface area contributed by atoms with Gasteiger partial charge in [0.15, 0.2) is 0 Å². The van der Waals surface area contributed by atoms with Gasteiger partial charge in [0.1, 0.15) is 5.82 Å². The Bertz CT molecular complexity index is 1730. The Morgan fingerprint density at radius 3 is 2.51 bits per heavy atom. The first-order chi connectivity index (χ1) is 17.9. The van der Waals surface area contributed by atoms with Gasteiger partial charge in [0.2, 0.25) is 0 Å². The quantitative estimate of drug-likeness (QED) is 0.326. The van der Waals surface area contributed by atoms with Crippen molar-refractivity contribution < 1.29 is 14.7 Å². The molecule has 0 radical (unpaired) electrons. The van der Waals surface area contributed by atoms with Gasteiger partial charge in [-0.1, -0.05) is 43.2 Å². The summed E-state index contributed by atoms with van der Waals surface area (Å²) in [4.78, 5) is 43.1. The van der Waals surface area contributed by atoms with Crippen molar-refractivity contribution >= 4 is 33.7 Å². The molecular formula is C30H27N3O4. The largest absolute Gasteiger partial charge is 0.478 e. The zero-order chi connectivity index (χ0) is 26.1. The van der Waals surface area contributed by atoms with Gasteiger partial charge in [0, 0.05) is 18.0 Å². The first-order valence-corrected chi connectivity index (χ1v) is 12.3. The van der Waals surface area contributed by atoms with E-state index in [-0.39, 0.29) is 16.7 Å². The van der Waals surface area contributed by atoms with Crippen molar-refractivity contribution in [2.75, 3.05) is 0 Å². The number of nitrogens with zero attached hydrogens (tertiary/aromatic N) is 3. The van der Waals surface area contributed by atoms with E-state index >= 15 is 0 Å². The van der Waals surface area contributed by atoms with Crippen molar-refractivity contribution in [3.63, 3.8) is 0 Å². The molecule has 0 amide bonds. The Balaban J connectivity index is 1.54. The minimum Gasteiger partial charge on any atom is -0.478 e. The van der Waals surface area contributed by atoms with Crippen molar-refractivity contribution in [3.05, 3.63) is 111 Å². The molecule has 0 fully saturated rings. The highest BCUT2D eigenvalue weighted by Gasteiger charge is 2.19. The van der Waals surface area contributed by atoms with Gasteiger partial charge >= 0.3 is 5.97 Å². The van der Waals surface area contributed by atoms with E-state index in [0.29, 0.717) is 29.4 Å². The molecule has 0 aliphatic rings. The molecule has 0 aliphatic carbocycles. The normalized spacial score (nSPS) is 11.3. The first kappa shape index (κ1) is 24.2.